The molecule has 1 aliphatic rings. The molecular formula is C23H29FN6O3. The molecule has 0 spiro atoms. The van der Waals surface area contributed by atoms with Gasteiger partial charge in [-0.3, -0.25) is 0 Å². The SMILES string of the molecule is C[C@H](COc1ncc(F)cc1C1CCCN1c1ccc2[nH]cnc2n1)OC(=O)NC(C)(C)C. The second-order valence-electron chi connectivity index (χ2n) is 9.24. The van der Waals surface area contributed by atoms with Gasteiger partial charge in [0.1, 0.15) is 24.3 Å². The molecule has 1 saturated heterocycles. The Hall–Kier alpha value is -3.43. The number of aromatic amines is 1. The molecule has 0 radical (unpaired) electrons. The number of amides is 1. The number of ether oxygens (including phenoxy) is 2. The number of fused-ring (bicyclic) bond motifs is 1. The molecule has 1 amide bonds. The Kier molecular flexibility index (Phi) is 6.35. The van der Waals surface area contributed by atoms with Crippen molar-refractivity contribution in [2.24, 2.45) is 0 Å². The van der Waals surface area contributed by atoms with Crippen LogP contribution in [-0.4, -0.2) is 50.8 Å². The van der Waals surface area contributed by atoms with E-state index in [0.29, 0.717) is 17.1 Å². The molecule has 4 rings (SSSR count). The van der Waals surface area contributed by atoms with Gasteiger partial charge in [0.15, 0.2) is 5.65 Å². The Balaban J connectivity index is 1.49. The van der Waals surface area contributed by atoms with Gasteiger partial charge in [0.25, 0.3) is 0 Å². The van der Waals surface area contributed by atoms with E-state index in [1.807, 2.05) is 32.9 Å². The number of aromatic nitrogens is 4. The number of rotatable bonds is 6. The zero-order chi connectivity index (χ0) is 23.6. The Bertz CT molecular complexity index is 1130. The van der Waals surface area contributed by atoms with E-state index in [9.17, 15) is 9.18 Å². The lowest BCUT2D eigenvalue weighted by Crippen LogP contribution is -2.42. The molecule has 10 heteroatoms. The van der Waals surface area contributed by atoms with Gasteiger partial charge in [-0.05, 0) is 58.7 Å². The molecule has 3 aromatic heterocycles. The lowest BCUT2D eigenvalue weighted by molar-refractivity contribution is 0.0689. The highest BCUT2D eigenvalue weighted by Gasteiger charge is 2.31. The predicted molar refractivity (Wildman–Crippen MR) is 122 cm³/mol. The van der Waals surface area contributed by atoms with E-state index in [-0.39, 0.29) is 12.6 Å². The fourth-order valence-corrected chi connectivity index (χ4v) is 3.89. The van der Waals surface area contributed by atoms with Crippen molar-refractivity contribution in [2.45, 2.75) is 58.2 Å². The minimum absolute atomic E-state index is 0.0907. The predicted octanol–water partition coefficient (Wildman–Crippen LogP) is 4.13. The van der Waals surface area contributed by atoms with Crippen LogP contribution in [0.3, 0.4) is 0 Å². The largest absolute Gasteiger partial charge is 0.473 e. The van der Waals surface area contributed by atoms with Crippen LogP contribution in [0.1, 0.15) is 52.1 Å². The molecule has 0 saturated carbocycles. The third-order valence-corrected chi connectivity index (χ3v) is 5.26. The normalized spacial score (nSPS) is 17.2. The second-order valence-corrected chi connectivity index (χ2v) is 9.24. The molecule has 176 valence electrons. The molecule has 1 fully saturated rings. The third kappa shape index (κ3) is 5.50. The number of halogens is 1. The minimum Gasteiger partial charge on any atom is -0.473 e. The summed E-state index contributed by atoms with van der Waals surface area (Å²) in [6.45, 7) is 8.21. The van der Waals surface area contributed by atoms with Gasteiger partial charge in [-0.1, -0.05) is 0 Å². The molecule has 2 N–H and O–H groups in total. The quantitative estimate of drug-likeness (QED) is 0.575. The minimum atomic E-state index is -0.521. The van der Waals surface area contributed by atoms with Crippen molar-refractivity contribution in [3.8, 4) is 5.88 Å². The van der Waals surface area contributed by atoms with Crippen LogP contribution in [0.4, 0.5) is 15.0 Å². The number of carbonyl (C=O) groups excluding carboxylic acids is 1. The number of H-pyrrole nitrogens is 1. The van der Waals surface area contributed by atoms with Crippen LogP contribution in [0.5, 0.6) is 5.88 Å². The molecule has 9 nitrogen and oxygen atoms in total. The molecule has 1 aliphatic heterocycles. The average Bonchev–Trinajstić information content (AvgIpc) is 3.40. The molecule has 3 aromatic rings. The van der Waals surface area contributed by atoms with Crippen molar-refractivity contribution in [2.75, 3.05) is 18.1 Å². The van der Waals surface area contributed by atoms with E-state index in [1.165, 1.54) is 6.07 Å². The maximum absolute atomic E-state index is 14.2. The summed E-state index contributed by atoms with van der Waals surface area (Å²) >= 11 is 0. The van der Waals surface area contributed by atoms with E-state index in [0.717, 1.165) is 36.9 Å². The Morgan fingerprint density at radius 3 is 2.97 bits per heavy atom. The Morgan fingerprint density at radius 2 is 2.18 bits per heavy atom. The van der Waals surface area contributed by atoms with Gasteiger partial charge in [0.2, 0.25) is 5.88 Å². The fraction of sp³-hybridized carbons (Fsp3) is 0.478. The van der Waals surface area contributed by atoms with Crippen LogP contribution in [0.25, 0.3) is 11.2 Å². The first-order valence-corrected chi connectivity index (χ1v) is 11.0. The van der Waals surface area contributed by atoms with Crippen LogP contribution in [0, 0.1) is 5.82 Å². The fourth-order valence-electron chi connectivity index (χ4n) is 3.89. The Morgan fingerprint density at radius 1 is 1.36 bits per heavy atom. The monoisotopic (exact) mass is 456 g/mol. The molecular weight excluding hydrogens is 427 g/mol. The first kappa shape index (κ1) is 22.8. The molecule has 4 heterocycles. The van der Waals surface area contributed by atoms with Gasteiger partial charge in [0.05, 0.1) is 24.1 Å². The molecule has 0 aromatic carbocycles. The van der Waals surface area contributed by atoms with E-state index in [2.05, 4.69) is 30.2 Å². The number of nitrogens with zero attached hydrogens (tertiary/aromatic N) is 4. The zero-order valence-corrected chi connectivity index (χ0v) is 19.3. The topological polar surface area (TPSA) is 105 Å². The summed E-state index contributed by atoms with van der Waals surface area (Å²) in [5.41, 5.74) is 1.73. The van der Waals surface area contributed by atoms with Crippen LogP contribution < -0.4 is 15.0 Å². The first-order valence-electron chi connectivity index (χ1n) is 11.0. The standard InChI is InChI=1S/C23H29FN6O3/c1-14(33-22(31)29-23(2,3)4)12-32-21-16(10-15(24)11-25-21)18-6-5-9-30(18)19-8-7-17-20(28-19)27-13-26-17/h7-8,10-11,13-14,18H,5-6,9,12H2,1-4H3,(H,29,31)(H,26,27,28)/t14-,18?/m1/s1. The van der Waals surface area contributed by atoms with Crippen LogP contribution in [0.2, 0.25) is 0 Å². The lowest BCUT2D eigenvalue weighted by atomic mass is 10.1. The molecule has 33 heavy (non-hydrogen) atoms. The summed E-state index contributed by atoms with van der Waals surface area (Å²) in [7, 11) is 0. The number of imidazole rings is 1. The summed E-state index contributed by atoms with van der Waals surface area (Å²) in [4.78, 5) is 30.2. The summed E-state index contributed by atoms with van der Waals surface area (Å²) in [6.07, 6.45) is 3.43. The second kappa shape index (κ2) is 9.21. The van der Waals surface area contributed by atoms with Gasteiger partial charge in [-0.25, -0.2) is 24.1 Å². The average molecular weight is 457 g/mol. The third-order valence-electron chi connectivity index (χ3n) is 5.26. The van der Waals surface area contributed by atoms with Crippen LogP contribution in [0.15, 0.2) is 30.7 Å². The first-order chi connectivity index (χ1) is 15.7. The van der Waals surface area contributed by atoms with Gasteiger partial charge < -0.3 is 24.7 Å². The van der Waals surface area contributed by atoms with Crippen molar-refractivity contribution in [1.82, 2.24) is 25.3 Å². The van der Waals surface area contributed by atoms with Crippen LogP contribution >= 0.6 is 0 Å². The van der Waals surface area contributed by atoms with Gasteiger partial charge in [-0.15, -0.1) is 0 Å². The molecule has 0 aliphatic carbocycles. The van der Waals surface area contributed by atoms with Crippen LogP contribution in [-0.2, 0) is 4.74 Å². The highest BCUT2D eigenvalue weighted by atomic mass is 19.1. The summed E-state index contributed by atoms with van der Waals surface area (Å²) in [5, 5.41) is 2.74. The van der Waals surface area contributed by atoms with Crippen molar-refractivity contribution < 1.29 is 18.7 Å². The van der Waals surface area contributed by atoms with Gasteiger partial charge >= 0.3 is 6.09 Å². The number of hydrogen-bond acceptors (Lipinski definition) is 7. The zero-order valence-electron chi connectivity index (χ0n) is 19.3. The van der Waals surface area contributed by atoms with Crippen molar-refractivity contribution in [3.05, 3.63) is 42.1 Å². The van der Waals surface area contributed by atoms with Crippen molar-refractivity contribution >= 4 is 23.1 Å². The van der Waals surface area contributed by atoms with Crippen molar-refractivity contribution in [1.29, 1.82) is 0 Å². The highest BCUT2D eigenvalue weighted by Crippen LogP contribution is 2.39. The molecule has 1 unspecified atom stereocenters. The smallest absolute Gasteiger partial charge is 0.407 e. The highest BCUT2D eigenvalue weighted by molar-refractivity contribution is 5.72. The van der Waals surface area contributed by atoms with E-state index >= 15 is 0 Å². The number of nitrogens with one attached hydrogen (secondary N) is 2. The maximum atomic E-state index is 14.2. The summed E-state index contributed by atoms with van der Waals surface area (Å²) in [5.74, 6) is 0.650. The number of anilines is 1. The summed E-state index contributed by atoms with van der Waals surface area (Å²) in [6, 6.07) is 5.17. The molecule has 0 bridgehead atoms. The van der Waals surface area contributed by atoms with Gasteiger partial charge in [-0.2, -0.15) is 0 Å². The van der Waals surface area contributed by atoms with E-state index in [1.54, 1.807) is 13.3 Å². The number of hydrogen-bond donors (Lipinski definition) is 2. The lowest BCUT2D eigenvalue weighted by Gasteiger charge is -2.27. The number of carbonyl (C=O) groups is 1. The van der Waals surface area contributed by atoms with Crippen molar-refractivity contribution in [3.63, 3.8) is 0 Å². The number of pyridine rings is 2. The van der Waals surface area contributed by atoms with Gasteiger partial charge in [0, 0.05) is 17.6 Å². The maximum Gasteiger partial charge on any atom is 0.407 e. The molecule has 2 atom stereocenters. The van der Waals surface area contributed by atoms with E-state index in [4.69, 9.17) is 9.47 Å². The van der Waals surface area contributed by atoms with E-state index < -0.39 is 23.6 Å². The number of alkyl carbamates (subject to hydrolysis) is 1. The Labute approximate surface area is 191 Å². The summed E-state index contributed by atoms with van der Waals surface area (Å²) < 4.78 is 25.4.